The summed E-state index contributed by atoms with van der Waals surface area (Å²) in [5, 5.41) is 2.98. The number of urea groups is 1. The van der Waals surface area contributed by atoms with Crippen molar-refractivity contribution >= 4 is 11.7 Å². The molecule has 1 aromatic carbocycles. The zero-order chi connectivity index (χ0) is 17.3. The number of rotatable bonds is 4. The molecule has 0 bridgehead atoms. The fraction of sp³-hybridized carbons (Fsp3) is 0.400. The van der Waals surface area contributed by atoms with Gasteiger partial charge in [-0.15, -0.1) is 0 Å². The van der Waals surface area contributed by atoms with Gasteiger partial charge in [-0.3, -0.25) is 4.98 Å². The van der Waals surface area contributed by atoms with Crippen LogP contribution in [0.1, 0.15) is 37.8 Å². The summed E-state index contributed by atoms with van der Waals surface area (Å²) in [6.07, 6.45) is 7.65. The molecule has 0 radical (unpaired) electrons. The Bertz CT molecular complexity index is 650. The van der Waals surface area contributed by atoms with Gasteiger partial charge in [-0.05, 0) is 49.2 Å². The summed E-state index contributed by atoms with van der Waals surface area (Å²) < 4.78 is 5.71. The number of hydrogen-bond donors (Lipinski definition) is 1. The number of ether oxygens (including phenoxy) is 1. The summed E-state index contributed by atoms with van der Waals surface area (Å²) in [6, 6.07) is 13.2. The summed E-state index contributed by atoms with van der Waals surface area (Å²) >= 11 is 0. The van der Waals surface area contributed by atoms with Crippen LogP contribution < -0.4 is 10.1 Å². The van der Waals surface area contributed by atoms with E-state index < -0.39 is 0 Å². The largest absolute Gasteiger partial charge is 0.487 e. The highest BCUT2D eigenvalue weighted by Gasteiger charge is 2.14. The Kier molecular flexibility index (Phi) is 6.26. The van der Waals surface area contributed by atoms with Crippen molar-refractivity contribution in [1.82, 2.24) is 9.88 Å². The van der Waals surface area contributed by atoms with Crippen LogP contribution in [-0.4, -0.2) is 29.0 Å². The third-order valence-electron chi connectivity index (χ3n) is 4.36. The Morgan fingerprint density at radius 2 is 1.72 bits per heavy atom. The van der Waals surface area contributed by atoms with Crippen LogP contribution in [0.25, 0.3) is 0 Å². The van der Waals surface area contributed by atoms with Crippen LogP contribution >= 0.6 is 0 Å². The quantitative estimate of drug-likeness (QED) is 0.895. The van der Waals surface area contributed by atoms with Gasteiger partial charge in [-0.2, -0.15) is 0 Å². The topological polar surface area (TPSA) is 54.5 Å². The summed E-state index contributed by atoms with van der Waals surface area (Å²) in [7, 11) is 0. The van der Waals surface area contributed by atoms with Gasteiger partial charge in [-0.25, -0.2) is 4.79 Å². The number of likely N-dealkylation sites (tertiary alicyclic amines) is 1. The monoisotopic (exact) mass is 339 g/mol. The van der Waals surface area contributed by atoms with Crippen molar-refractivity contribution in [2.75, 3.05) is 18.4 Å². The third kappa shape index (κ3) is 5.48. The van der Waals surface area contributed by atoms with E-state index in [-0.39, 0.29) is 6.03 Å². The van der Waals surface area contributed by atoms with Crippen LogP contribution in [0.4, 0.5) is 10.5 Å². The number of hydrogen-bond acceptors (Lipinski definition) is 3. The standard InChI is InChI=1S/C20H25N3O2/c24-20(23-14-6-2-1-3-7-15-23)22-17-9-11-19(12-10-17)25-16-18-8-4-5-13-21-18/h4-5,8-13H,1-3,6-7,14-16H2,(H,22,24). The number of carbonyl (C=O) groups is 1. The molecule has 1 N–H and O–H groups in total. The molecule has 0 unspecified atom stereocenters. The average Bonchev–Trinajstić information content (AvgIpc) is 2.61. The van der Waals surface area contributed by atoms with Crippen LogP contribution in [0, 0.1) is 0 Å². The molecular formula is C20H25N3O2. The van der Waals surface area contributed by atoms with E-state index in [1.165, 1.54) is 19.3 Å². The molecule has 1 aliphatic heterocycles. The maximum Gasteiger partial charge on any atom is 0.321 e. The van der Waals surface area contributed by atoms with Gasteiger partial charge in [-0.1, -0.05) is 25.3 Å². The average molecular weight is 339 g/mol. The maximum atomic E-state index is 12.4. The van der Waals surface area contributed by atoms with Crippen molar-refractivity contribution in [3.05, 3.63) is 54.4 Å². The second-order valence-corrected chi connectivity index (χ2v) is 6.32. The smallest absolute Gasteiger partial charge is 0.321 e. The molecule has 2 aromatic rings. The molecule has 1 saturated heterocycles. The summed E-state index contributed by atoms with van der Waals surface area (Å²) in [6.45, 7) is 2.12. The molecule has 5 nitrogen and oxygen atoms in total. The molecule has 2 amide bonds. The summed E-state index contributed by atoms with van der Waals surface area (Å²) in [4.78, 5) is 18.6. The van der Waals surface area contributed by atoms with Crippen molar-refractivity contribution in [2.45, 2.75) is 38.7 Å². The van der Waals surface area contributed by atoms with E-state index in [2.05, 4.69) is 10.3 Å². The summed E-state index contributed by atoms with van der Waals surface area (Å²) in [5.74, 6) is 0.759. The number of nitrogens with one attached hydrogen (secondary N) is 1. The van der Waals surface area contributed by atoms with Crippen LogP contribution in [0.2, 0.25) is 0 Å². The van der Waals surface area contributed by atoms with Gasteiger partial charge in [0.05, 0.1) is 5.69 Å². The van der Waals surface area contributed by atoms with Gasteiger partial charge >= 0.3 is 6.03 Å². The lowest BCUT2D eigenvalue weighted by molar-refractivity contribution is 0.206. The van der Waals surface area contributed by atoms with Gasteiger partial charge in [0.15, 0.2) is 0 Å². The lowest BCUT2D eigenvalue weighted by atomic mass is 10.1. The van der Waals surface area contributed by atoms with Gasteiger partial charge in [0.2, 0.25) is 0 Å². The van der Waals surface area contributed by atoms with Crippen molar-refractivity contribution in [1.29, 1.82) is 0 Å². The number of pyridine rings is 1. The predicted octanol–water partition coefficient (Wildman–Crippen LogP) is 4.46. The first-order valence-electron chi connectivity index (χ1n) is 9.00. The molecule has 25 heavy (non-hydrogen) atoms. The molecule has 0 spiro atoms. The number of aromatic nitrogens is 1. The van der Waals surface area contributed by atoms with Crippen molar-refractivity contribution in [3.8, 4) is 5.75 Å². The first-order chi connectivity index (χ1) is 12.3. The minimum Gasteiger partial charge on any atom is -0.487 e. The second-order valence-electron chi connectivity index (χ2n) is 6.32. The molecule has 0 saturated carbocycles. The van der Waals surface area contributed by atoms with E-state index in [1.807, 2.05) is 47.4 Å². The Morgan fingerprint density at radius 1 is 1.00 bits per heavy atom. The van der Waals surface area contributed by atoms with Crippen LogP contribution in [0.5, 0.6) is 5.75 Å². The zero-order valence-electron chi connectivity index (χ0n) is 14.5. The lowest BCUT2D eigenvalue weighted by Crippen LogP contribution is -2.37. The van der Waals surface area contributed by atoms with E-state index >= 15 is 0 Å². The lowest BCUT2D eigenvalue weighted by Gasteiger charge is -2.25. The number of nitrogens with zero attached hydrogens (tertiary/aromatic N) is 2. The van der Waals surface area contributed by atoms with E-state index in [0.29, 0.717) is 6.61 Å². The van der Waals surface area contributed by atoms with Crippen molar-refractivity contribution in [3.63, 3.8) is 0 Å². The van der Waals surface area contributed by atoms with Gasteiger partial charge < -0.3 is 15.0 Å². The molecular weight excluding hydrogens is 314 g/mol. The van der Waals surface area contributed by atoms with Gasteiger partial charge in [0.1, 0.15) is 12.4 Å². The normalized spacial score (nSPS) is 15.1. The molecule has 5 heteroatoms. The first kappa shape index (κ1) is 17.3. The van der Waals surface area contributed by atoms with E-state index in [0.717, 1.165) is 43.1 Å². The molecule has 1 aromatic heterocycles. The minimum atomic E-state index is -0.0101. The second kappa shape index (κ2) is 9.06. The Labute approximate surface area is 149 Å². The van der Waals surface area contributed by atoms with E-state index in [9.17, 15) is 4.79 Å². The van der Waals surface area contributed by atoms with Crippen LogP contribution in [0.3, 0.4) is 0 Å². The number of amides is 2. The number of anilines is 1. The zero-order valence-corrected chi connectivity index (χ0v) is 14.5. The first-order valence-corrected chi connectivity index (χ1v) is 9.00. The Morgan fingerprint density at radius 3 is 2.40 bits per heavy atom. The SMILES string of the molecule is O=C(Nc1ccc(OCc2ccccn2)cc1)N1CCCCCCC1. The van der Waals surface area contributed by atoms with E-state index in [4.69, 9.17) is 4.74 Å². The molecule has 0 atom stereocenters. The fourth-order valence-corrected chi connectivity index (χ4v) is 2.93. The summed E-state index contributed by atoms with van der Waals surface area (Å²) in [5.41, 5.74) is 1.68. The molecule has 1 fully saturated rings. The van der Waals surface area contributed by atoms with Crippen molar-refractivity contribution in [2.24, 2.45) is 0 Å². The van der Waals surface area contributed by atoms with Crippen LogP contribution in [0.15, 0.2) is 48.7 Å². The predicted molar refractivity (Wildman–Crippen MR) is 98.7 cm³/mol. The highest BCUT2D eigenvalue weighted by atomic mass is 16.5. The Balaban J connectivity index is 1.50. The van der Waals surface area contributed by atoms with Gasteiger partial charge in [0, 0.05) is 25.0 Å². The molecule has 132 valence electrons. The minimum absolute atomic E-state index is 0.0101. The Hall–Kier alpha value is -2.56. The highest BCUT2D eigenvalue weighted by molar-refractivity contribution is 5.89. The van der Waals surface area contributed by atoms with E-state index in [1.54, 1.807) is 6.20 Å². The van der Waals surface area contributed by atoms with Crippen LogP contribution in [-0.2, 0) is 6.61 Å². The molecule has 1 aliphatic rings. The molecule has 2 heterocycles. The number of benzene rings is 1. The maximum absolute atomic E-state index is 12.4. The van der Waals surface area contributed by atoms with Crippen molar-refractivity contribution < 1.29 is 9.53 Å². The third-order valence-corrected chi connectivity index (χ3v) is 4.36. The van der Waals surface area contributed by atoms with Gasteiger partial charge in [0.25, 0.3) is 0 Å². The fourth-order valence-electron chi connectivity index (χ4n) is 2.93. The molecule has 3 rings (SSSR count). The molecule has 0 aliphatic carbocycles. The highest BCUT2D eigenvalue weighted by Crippen LogP contribution is 2.18. The number of carbonyl (C=O) groups excluding carboxylic acids is 1.